The Kier molecular flexibility index (Phi) is 4.08. The first-order valence-corrected chi connectivity index (χ1v) is 7.12. The molecule has 0 aliphatic heterocycles. The predicted molar refractivity (Wildman–Crippen MR) is 69.7 cm³/mol. The third-order valence-corrected chi connectivity index (χ3v) is 4.21. The molecule has 3 heteroatoms. The molecule has 0 spiro atoms. The van der Waals surface area contributed by atoms with Crippen LogP contribution in [0.4, 0.5) is 0 Å². The molecule has 2 fully saturated rings. The van der Waals surface area contributed by atoms with Crippen LogP contribution < -0.4 is 10.6 Å². The summed E-state index contributed by atoms with van der Waals surface area (Å²) in [5.74, 6) is 1.71. The summed E-state index contributed by atoms with van der Waals surface area (Å²) < 4.78 is 0. The Bertz CT molecular complexity index is 275. The molecule has 4 atom stereocenters. The highest BCUT2D eigenvalue weighted by atomic mass is 16.2. The van der Waals surface area contributed by atoms with Gasteiger partial charge in [-0.2, -0.15) is 0 Å². The van der Waals surface area contributed by atoms with E-state index >= 15 is 0 Å². The highest BCUT2D eigenvalue weighted by Gasteiger charge is 2.30. The predicted octanol–water partition coefficient (Wildman–Crippen LogP) is 2.07. The van der Waals surface area contributed by atoms with Gasteiger partial charge in [0, 0.05) is 12.1 Å². The highest BCUT2D eigenvalue weighted by Crippen LogP contribution is 2.28. The molecule has 0 bridgehead atoms. The van der Waals surface area contributed by atoms with Gasteiger partial charge in [0.25, 0.3) is 0 Å². The van der Waals surface area contributed by atoms with Crippen LogP contribution >= 0.6 is 0 Å². The minimum atomic E-state index is -0.0449. The molecule has 2 aliphatic carbocycles. The summed E-state index contributed by atoms with van der Waals surface area (Å²) in [7, 11) is 0. The molecule has 0 radical (unpaired) electrons. The van der Waals surface area contributed by atoms with Crippen LogP contribution in [0.5, 0.6) is 0 Å². The van der Waals surface area contributed by atoms with Crippen LogP contribution in [0.15, 0.2) is 0 Å². The number of hydrogen-bond acceptors (Lipinski definition) is 2. The van der Waals surface area contributed by atoms with E-state index in [0.29, 0.717) is 18.0 Å². The Morgan fingerprint density at radius 2 is 1.88 bits per heavy atom. The minimum Gasteiger partial charge on any atom is -0.352 e. The van der Waals surface area contributed by atoms with Gasteiger partial charge in [-0.1, -0.05) is 13.8 Å². The molecule has 0 heterocycles. The van der Waals surface area contributed by atoms with E-state index in [9.17, 15) is 4.79 Å². The Morgan fingerprint density at radius 3 is 2.47 bits per heavy atom. The van der Waals surface area contributed by atoms with Gasteiger partial charge in [0.1, 0.15) is 0 Å². The molecule has 0 aromatic carbocycles. The molecule has 2 saturated carbocycles. The first-order valence-electron chi connectivity index (χ1n) is 7.12. The van der Waals surface area contributed by atoms with E-state index in [1.165, 1.54) is 19.3 Å². The first-order chi connectivity index (χ1) is 8.06. The summed E-state index contributed by atoms with van der Waals surface area (Å²) in [6.07, 6.45) is 6.11. The molecule has 0 aromatic heterocycles. The van der Waals surface area contributed by atoms with E-state index in [1.807, 2.05) is 6.92 Å². The van der Waals surface area contributed by atoms with Gasteiger partial charge in [-0.3, -0.25) is 4.79 Å². The van der Waals surface area contributed by atoms with Crippen LogP contribution in [0, 0.1) is 11.8 Å². The highest BCUT2D eigenvalue weighted by molar-refractivity contribution is 5.81. The van der Waals surface area contributed by atoms with Gasteiger partial charge in [0.15, 0.2) is 0 Å². The summed E-state index contributed by atoms with van der Waals surface area (Å²) in [5, 5.41) is 6.58. The summed E-state index contributed by atoms with van der Waals surface area (Å²) in [6, 6.07) is 0.943. The topological polar surface area (TPSA) is 41.1 Å². The van der Waals surface area contributed by atoms with E-state index in [-0.39, 0.29) is 11.9 Å². The molecule has 0 aromatic rings. The zero-order chi connectivity index (χ0) is 12.4. The van der Waals surface area contributed by atoms with Crippen LogP contribution in [-0.2, 0) is 4.79 Å². The fourth-order valence-electron chi connectivity index (χ4n) is 2.86. The number of carbonyl (C=O) groups is 1. The Hall–Kier alpha value is -0.570. The Labute approximate surface area is 105 Å². The third-order valence-electron chi connectivity index (χ3n) is 4.21. The number of hydrogen-bond donors (Lipinski definition) is 2. The van der Waals surface area contributed by atoms with Crippen LogP contribution in [0.2, 0.25) is 0 Å². The standard InChI is InChI=1S/C14H26N2O/c1-9-4-7-13(10(2)8-9)15-11(3)14(17)16-12-5-6-12/h9-13,15H,4-8H2,1-3H3,(H,16,17). The second-order valence-electron chi connectivity index (χ2n) is 6.17. The zero-order valence-corrected chi connectivity index (χ0v) is 11.3. The largest absolute Gasteiger partial charge is 0.352 e. The number of carbonyl (C=O) groups excluding carboxylic acids is 1. The first kappa shape index (κ1) is 12.9. The molecule has 98 valence electrons. The van der Waals surface area contributed by atoms with Crippen LogP contribution in [0.25, 0.3) is 0 Å². The van der Waals surface area contributed by atoms with Crippen molar-refractivity contribution in [2.75, 3.05) is 0 Å². The lowest BCUT2D eigenvalue weighted by molar-refractivity contribution is -0.123. The second-order valence-corrected chi connectivity index (χ2v) is 6.17. The quantitative estimate of drug-likeness (QED) is 0.787. The van der Waals surface area contributed by atoms with Gasteiger partial charge in [0.2, 0.25) is 5.91 Å². The summed E-state index contributed by atoms with van der Waals surface area (Å²) in [6.45, 7) is 6.62. The smallest absolute Gasteiger partial charge is 0.237 e. The van der Waals surface area contributed by atoms with Gasteiger partial charge in [0.05, 0.1) is 6.04 Å². The molecule has 1 amide bonds. The van der Waals surface area contributed by atoms with Crippen molar-refractivity contribution in [3.63, 3.8) is 0 Å². The second kappa shape index (κ2) is 5.38. The number of amides is 1. The summed E-state index contributed by atoms with van der Waals surface area (Å²) in [4.78, 5) is 11.9. The van der Waals surface area contributed by atoms with Crippen molar-refractivity contribution in [2.45, 2.75) is 71.0 Å². The lowest BCUT2D eigenvalue weighted by Crippen LogP contribution is -2.50. The SMILES string of the molecule is CC1CCC(NC(C)C(=O)NC2CC2)C(C)C1. The van der Waals surface area contributed by atoms with Gasteiger partial charge < -0.3 is 10.6 Å². The van der Waals surface area contributed by atoms with Crippen molar-refractivity contribution >= 4 is 5.91 Å². The lowest BCUT2D eigenvalue weighted by Gasteiger charge is -2.34. The Morgan fingerprint density at radius 1 is 1.18 bits per heavy atom. The molecular formula is C14H26N2O. The molecule has 17 heavy (non-hydrogen) atoms. The average Bonchev–Trinajstić information content (AvgIpc) is 3.06. The zero-order valence-electron chi connectivity index (χ0n) is 11.3. The van der Waals surface area contributed by atoms with Crippen molar-refractivity contribution in [1.29, 1.82) is 0 Å². The normalized spacial score (nSPS) is 35.4. The minimum absolute atomic E-state index is 0.0449. The maximum Gasteiger partial charge on any atom is 0.237 e. The number of nitrogens with one attached hydrogen (secondary N) is 2. The molecule has 2 aliphatic rings. The molecule has 4 unspecified atom stereocenters. The number of rotatable bonds is 4. The van der Waals surface area contributed by atoms with Crippen LogP contribution in [0.3, 0.4) is 0 Å². The van der Waals surface area contributed by atoms with E-state index < -0.39 is 0 Å². The van der Waals surface area contributed by atoms with Gasteiger partial charge in [-0.15, -0.1) is 0 Å². The summed E-state index contributed by atoms with van der Waals surface area (Å²) >= 11 is 0. The fraction of sp³-hybridized carbons (Fsp3) is 0.929. The van der Waals surface area contributed by atoms with Crippen LogP contribution in [-0.4, -0.2) is 24.0 Å². The van der Waals surface area contributed by atoms with Crippen LogP contribution in [0.1, 0.15) is 52.9 Å². The molecule has 0 saturated heterocycles. The third kappa shape index (κ3) is 3.70. The van der Waals surface area contributed by atoms with E-state index in [1.54, 1.807) is 0 Å². The maximum atomic E-state index is 11.9. The van der Waals surface area contributed by atoms with Crippen molar-refractivity contribution in [3.05, 3.63) is 0 Å². The lowest BCUT2D eigenvalue weighted by atomic mass is 9.79. The van der Waals surface area contributed by atoms with Crippen molar-refractivity contribution in [3.8, 4) is 0 Å². The van der Waals surface area contributed by atoms with Crippen molar-refractivity contribution in [2.24, 2.45) is 11.8 Å². The van der Waals surface area contributed by atoms with Gasteiger partial charge in [-0.05, 0) is 50.9 Å². The average molecular weight is 238 g/mol. The van der Waals surface area contributed by atoms with E-state index in [4.69, 9.17) is 0 Å². The van der Waals surface area contributed by atoms with Crippen molar-refractivity contribution < 1.29 is 4.79 Å². The Balaban J connectivity index is 1.76. The monoisotopic (exact) mass is 238 g/mol. The maximum absolute atomic E-state index is 11.9. The van der Waals surface area contributed by atoms with Gasteiger partial charge in [-0.25, -0.2) is 0 Å². The molecule has 2 rings (SSSR count). The summed E-state index contributed by atoms with van der Waals surface area (Å²) in [5.41, 5.74) is 0. The van der Waals surface area contributed by atoms with E-state index in [2.05, 4.69) is 24.5 Å². The van der Waals surface area contributed by atoms with Crippen molar-refractivity contribution in [1.82, 2.24) is 10.6 Å². The fourth-order valence-corrected chi connectivity index (χ4v) is 2.86. The van der Waals surface area contributed by atoms with E-state index in [0.717, 1.165) is 18.8 Å². The molecule has 3 nitrogen and oxygen atoms in total. The molecule has 2 N–H and O–H groups in total. The van der Waals surface area contributed by atoms with Gasteiger partial charge >= 0.3 is 0 Å². The molecular weight excluding hydrogens is 212 g/mol.